The lowest BCUT2D eigenvalue weighted by molar-refractivity contribution is -0.119. The normalized spacial score (nSPS) is 13.4. The van der Waals surface area contributed by atoms with E-state index in [2.05, 4.69) is 32.8 Å². The minimum Gasteiger partial charge on any atom is -0.396 e. The highest BCUT2D eigenvalue weighted by Crippen LogP contribution is 2.20. The first-order valence-corrected chi connectivity index (χ1v) is 17.6. The van der Waals surface area contributed by atoms with Gasteiger partial charge in [-0.1, -0.05) is 155 Å². The first-order valence-electron chi connectivity index (χ1n) is 17.6. The van der Waals surface area contributed by atoms with Gasteiger partial charge >= 0.3 is 0 Å². The SMILES string of the molecule is CCCCCCCCCCCCCCOCC(CCO)(CN(C)C)OCCCCCCCCCCCCCC. The van der Waals surface area contributed by atoms with Crippen molar-refractivity contribution in [1.29, 1.82) is 0 Å². The average molecular weight is 556 g/mol. The maximum atomic E-state index is 9.78. The molecule has 0 rings (SSSR count). The zero-order valence-electron chi connectivity index (χ0n) is 27.4. The van der Waals surface area contributed by atoms with Crippen molar-refractivity contribution in [3.63, 3.8) is 0 Å². The quantitative estimate of drug-likeness (QED) is 0.0818. The summed E-state index contributed by atoms with van der Waals surface area (Å²) in [4.78, 5) is 2.17. The van der Waals surface area contributed by atoms with Crippen molar-refractivity contribution >= 4 is 0 Å². The van der Waals surface area contributed by atoms with E-state index in [0.717, 1.165) is 32.6 Å². The summed E-state index contributed by atoms with van der Waals surface area (Å²) >= 11 is 0. The lowest BCUT2D eigenvalue weighted by atomic mass is 10.00. The number of aliphatic hydroxyl groups excluding tert-OH is 1. The molecule has 0 aromatic heterocycles. The Balaban J connectivity index is 3.92. The first-order chi connectivity index (χ1) is 19.1. The molecule has 1 unspecified atom stereocenters. The molecule has 0 fully saturated rings. The number of nitrogens with zero attached hydrogens (tertiary/aromatic N) is 1. The third kappa shape index (κ3) is 27.8. The number of rotatable bonds is 33. The van der Waals surface area contributed by atoms with E-state index < -0.39 is 5.60 Å². The highest BCUT2D eigenvalue weighted by molar-refractivity contribution is 4.83. The van der Waals surface area contributed by atoms with Gasteiger partial charge in [0.1, 0.15) is 5.60 Å². The number of unbranched alkanes of at least 4 members (excludes halogenated alkanes) is 22. The second-order valence-corrected chi connectivity index (χ2v) is 12.6. The zero-order valence-corrected chi connectivity index (χ0v) is 27.4. The van der Waals surface area contributed by atoms with Gasteiger partial charge < -0.3 is 19.5 Å². The molecule has 236 valence electrons. The van der Waals surface area contributed by atoms with Crippen LogP contribution < -0.4 is 0 Å². The van der Waals surface area contributed by atoms with Crippen LogP contribution in [0, 0.1) is 0 Å². The third-order valence-corrected chi connectivity index (χ3v) is 8.09. The molecule has 0 radical (unpaired) electrons. The molecule has 0 heterocycles. The standard InChI is InChI=1S/C35H73NO3/c1-5-7-9-11-13-15-17-19-21-23-25-27-31-38-34-35(29-30-37,33-36(3)4)39-32-28-26-24-22-20-18-16-14-12-10-8-6-2/h37H,5-34H2,1-4H3. The van der Waals surface area contributed by atoms with Crippen LogP contribution in [-0.4, -0.2) is 62.7 Å². The Kier molecular flexibility index (Phi) is 30.7. The van der Waals surface area contributed by atoms with Gasteiger partial charge in [-0.15, -0.1) is 0 Å². The fourth-order valence-electron chi connectivity index (χ4n) is 5.67. The van der Waals surface area contributed by atoms with Gasteiger partial charge in [0.15, 0.2) is 0 Å². The number of likely N-dealkylation sites (N-methyl/N-ethyl adjacent to an activating group) is 1. The van der Waals surface area contributed by atoms with Crippen molar-refractivity contribution in [1.82, 2.24) is 4.90 Å². The summed E-state index contributed by atoms with van der Waals surface area (Å²) in [6.07, 6.45) is 33.2. The summed E-state index contributed by atoms with van der Waals surface area (Å²) < 4.78 is 12.6. The van der Waals surface area contributed by atoms with E-state index in [1.807, 2.05) is 0 Å². The Morgan fingerprint density at radius 2 is 0.872 bits per heavy atom. The molecule has 0 aliphatic heterocycles. The van der Waals surface area contributed by atoms with E-state index in [-0.39, 0.29) is 6.61 Å². The Morgan fingerprint density at radius 3 is 1.23 bits per heavy atom. The lowest BCUT2D eigenvalue weighted by Gasteiger charge is -2.35. The van der Waals surface area contributed by atoms with Crippen LogP contribution >= 0.6 is 0 Å². The topological polar surface area (TPSA) is 41.9 Å². The van der Waals surface area contributed by atoms with Crippen LogP contribution in [0.3, 0.4) is 0 Å². The van der Waals surface area contributed by atoms with Crippen LogP contribution in [0.15, 0.2) is 0 Å². The molecule has 0 spiro atoms. The molecule has 0 saturated carbocycles. The van der Waals surface area contributed by atoms with Crippen molar-refractivity contribution in [2.45, 2.75) is 180 Å². The van der Waals surface area contributed by atoms with Gasteiger partial charge in [0, 0.05) is 32.8 Å². The van der Waals surface area contributed by atoms with Gasteiger partial charge in [0.05, 0.1) is 6.61 Å². The van der Waals surface area contributed by atoms with Crippen LogP contribution in [-0.2, 0) is 9.47 Å². The number of aliphatic hydroxyl groups is 1. The maximum absolute atomic E-state index is 9.78. The molecule has 0 aliphatic carbocycles. The molecule has 1 atom stereocenters. The molecule has 0 aromatic carbocycles. The number of hydrogen-bond donors (Lipinski definition) is 1. The summed E-state index contributed by atoms with van der Waals surface area (Å²) in [7, 11) is 4.18. The average Bonchev–Trinajstić information content (AvgIpc) is 2.91. The second-order valence-electron chi connectivity index (χ2n) is 12.6. The highest BCUT2D eigenvalue weighted by Gasteiger charge is 2.31. The Hall–Kier alpha value is -0.160. The molecule has 0 aliphatic rings. The molecule has 39 heavy (non-hydrogen) atoms. The summed E-state index contributed by atoms with van der Waals surface area (Å²) in [6.45, 7) is 7.68. The van der Waals surface area contributed by atoms with E-state index in [0.29, 0.717) is 13.0 Å². The predicted molar refractivity (Wildman–Crippen MR) is 172 cm³/mol. The van der Waals surface area contributed by atoms with Gasteiger partial charge in [0.2, 0.25) is 0 Å². The molecular formula is C35H73NO3. The first kappa shape index (κ1) is 38.8. The Bertz CT molecular complexity index is 459. The largest absolute Gasteiger partial charge is 0.396 e. The Labute approximate surface area is 246 Å². The van der Waals surface area contributed by atoms with Crippen LogP contribution in [0.2, 0.25) is 0 Å². The van der Waals surface area contributed by atoms with Crippen molar-refractivity contribution in [2.75, 3.05) is 47.1 Å². The van der Waals surface area contributed by atoms with E-state index in [4.69, 9.17) is 9.47 Å². The van der Waals surface area contributed by atoms with Gasteiger partial charge in [-0.2, -0.15) is 0 Å². The van der Waals surface area contributed by atoms with Gasteiger partial charge in [-0.05, 0) is 26.9 Å². The summed E-state index contributed by atoms with van der Waals surface area (Å²) in [5.41, 5.74) is -0.396. The van der Waals surface area contributed by atoms with E-state index >= 15 is 0 Å². The third-order valence-electron chi connectivity index (χ3n) is 8.09. The summed E-state index contributed by atoms with van der Waals surface area (Å²) in [5.74, 6) is 0. The molecule has 0 saturated heterocycles. The molecular weight excluding hydrogens is 482 g/mol. The second kappa shape index (κ2) is 30.8. The van der Waals surface area contributed by atoms with Crippen molar-refractivity contribution in [2.24, 2.45) is 0 Å². The van der Waals surface area contributed by atoms with Crippen LogP contribution in [0.1, 0.15) is 174 Å². The summed E-state index contributed by atoms with van der Waals surface area (Å²) in [6, 6.07) is 0. The van der Waals surface area contributed by atoms with Crippen molar-refractivity contribution in [3.8, 4) is 0 Å². The number of hydrogen-bond acceptors (Lipinski definition) is 4. The monoisotopic (exact) mass is 556 g/mol. The van der Waals surface area contributed by atoms with Gasteiger partial charge in [0.25, 0.3) is 0 Å². The minimum absolute atomic E-state index is 0.147. The van der Waals surface area contributed by atoms with E-state index in [9.17, 15) is 5.11 Å². The zero-order chi connectivity index (χ0) is 28.7. The highest BCUT2D eigenvalue weighted by atomic mass is 16.5. The molecule has 0 aromatic rings. The minimum atomic E-state index is -0.396. The van der Waals surface area contributed by atoms with Crippen LogP contribution in [0.5, 0.6) is 0 Å². The fourth-order valence-corrected chi connectivity index (χ4v) is 5.67. The van der Waals surface area contributed by atoms with E-state index in [1.165, 1.54) is 141 Å². The molecule has 0 amide bonds. The van der Waals surface area contributed by atoms with Crippen LogP contribution in [0.4, 0.5) is 0 Å². The van der Waals surface area contributed by atoms with Crippen LogP contribution in [0.25, 0.3) is 0 Å². The van der Waals surface area contributed by atoms with Gasteiger partial charge in [-0.25, -0.2) is 0 Å². The predicted octanol–water partition coefficient (Wildman–Crippen LogP) is 10.1. The summed E-state index contributed by atoms with van der Waals surface area (Å²) in [5, 5.41) is 9.78. The molecule has 4 heteroatoms. The van der Waals surface area contributed by atoms with Gasteiger partial charge in [-0.3, -0.25) is 0 Å². The molecule has 0 bridgehead atoms. The number of ether oxygens (including phenoxy) is 2. The Morgan fingerprint density at radius 1 is 0.513 bits per heavy atom. The fraction of sp³-hybridized carbons (Fsp3) is 1.00. The molecule has 4 nitrogen and oxygen atoms in total. The smallest absolute Gasteiger partial charge is 0.106 e. The maximum Gasteiger partial charge on any atom is 0.106 e. The lowest BCUT2D eigenvalue weighted by Crippen LogP contribution is -2.47. The van der Waals surface area contributed by atoms with Crippen molar-refractivity contribution < 1.29 is 14.6 Å². The van der Waals surface area contributed by atoms with E-state index in [1.54, 1.807) is 0 Å². The molecule has 1 N–H and O–H groups in total. The van der Waals surface area contributed by atoms with Crippen molar-refractivity contribution in [3.05, 3.63) is 0 Å².